The topological polar surface area (TPSA) is 17.1 Å². The highest BCUT2D eigenvalue weighted by Crippen LogP contribution is 2.14. The van der Waals surface area contributed by atoms with Crippen LogP contribution >= 0.6 is 0 Å². The summed E-state index contributed by atoms with van der Waals surface area (Å²) in [4.78, 5) is 11.3. The van der Waals surface area contributed by atoms with Gasteiger partial charge in [0.15, 0.2) is 0 Å². The van der Waals surface area contributed by atoms with Crippen LogP contribution < -0.4 is 0 Å². The maximum absolute atomic E-state index is 11.3. The first-order valence-corrected chi connectivity index (χ1v) is 18.8. The second-order valence-electron chi connectivity index (χ2n) is 12.6. The molecule has 1 heteroatoms. The Kier molecular flexibility index (Phi) is 35.9. The Bertz CT molecular complexity index is 584. The van der Waals surface area contributed by atoms with E-state index in [9.17, 15) is 4.79 Å². The number of Topliss-reactive ketones (excluding diaryl/α,β-unsaturated/α-hetero) is 1. The van der Waals surface area contributed by atoms with Crippen LogP contribution in [0.3, 0.4) is 0 Å². The van der Waals surface area contributed by atoms with Crippen LogP contribution in [0.5, 0.6) is 0 Å². The molecule has 0 radical (unpaired) electrons. The zero-order valence-corrected chi connectivity index (χ0v) is 28.3. The van der Waals surface area contributed by atoms with E-state index >= 15 is 0 Å². The molecular formula is C40H74O. The van der Waals surface area contributed by atoms with Gasteiger partial charge in [-0.1, -0.05) is 153 Å². The quantitative estimate of drug-likeness (QED) is 0.0555. The molecule has 0 N–H and O–H groups in total. The minimum atomic E-state index is 0.416. The lowest BCUT2D eigenvalue weighted by Crippen LogP contribution is -1.93. The van der Waals surface area contributed by atoms with E-state index in [2.05, 4.69) is 43.4 Å². The van der Waals surface area contributed by atoms with Crippen LogP contribution in [0.2, 0.25) is 0 Å². The number of hydrogen-bond acceptors (Lipinski definition) is 1. The summed E-state index contributed by atoms with van der Waals surface area (Å²) in [6.45, 7) is 4.26. The van der Waals surface area contributed by atoms with Crippen LogP contribution in [-0.2, 0) is 4.79 Å². The van der Waals surface area contributed by atoms with Gasteiger partial charge in [0.05, 0.1) is 0 Å². The predicted molar refractivity (Wildman–Crippen MR) is 187 cm³/mol. The monoisotopic (exact) mass is 571 g/mol. The van der Waals surface area contributed by atoms with Gasteiger partial charge in [-0.25, -0.2) is 0 Å². The van der Waals surface area contributed by atoms with E-state index in [1.165, 1.54) is 180 Å². The van der Waals surface area contributed by atoms with Gasteiger partial charge in [-0.2, -0.15) is 0 Å². The van der Waals surface area contributed by atoms with E-state index in [0.29, 0.717) is 12.2 Å². The average molecular weight is 571 g/mol. The minimum Gasteiger partial charge on any atom is -0.300 e. The maximum atomic E-state index is 11.3. The number of carbonyl (C=O) groups excluding carboxylic acids is 1. The summed E-state index contributed by atoms with van der Waals surface area (Å²) in [7, 11) is 0. The van der Waals surface area contributed by atoms with Crippen LogP contribution in [0.25, 0.3) is 0 Å². The van der Waals surface area contributed by atoms with Crippen molar-refractivity contribution in [2.75, 3.05) is 0 Å². The van der Waals surface area contributed by atoms with Crippen LogP contribution in [0.15, 0.2) is 36.5 Å². The van der Waals surface area contributed by atoms with Gasteiger partial charge in [0, 0.05) is 12.8 Å². The normalized spacial score (nSPS) is 12.0. The highest BCUT2D eigenvalue weighted by Gasteiger charge is 1.97. The number of unbranched alkanes of at least 4 members (excludes halogenated alkanes) is 25. The van der Waals surface area contributed by atoms with Crippen molar-refractivity contribution >= 4 is 5.78 Å². The fraction of sp³-hybridized carbons (Fsp3) is 0.825. The lowest BCUT2D eigenvalue weighted by atomic mass is 10.0. The molecule has 0 atom stereocenters. The molecule has 240 valence electrons. The van der Waals surface area contributed by atoms with Crippen molar-refractivity contribution in [2.24, 2.45) is 0 Å². The highest BCUT2D eigenvalue weighted by molar-refractivity contribution is 5.77. The van der Waals surface area contributed by atoms with E-state index in [1.54, 1.807) is 0 Å². The van der Waals surface area contributed by atoms with E-state index in [4.69, 9.17) is 0 Å². The molecule has 0 aliphatic rings. The predicted octanol–water partition coefficient (Wildman–Crippen LogP) is 14.4. The first kappa shape index (κ1) is 39.9. The molecular weight excluding hydrogens is 496 g/mol. The van der Waals surface area contributed by atoms with Crippen LogP contribution in [0.4, 0.5) is 0 Å². The Morgan fingerprint density at radius 2 is 0.585 bits per heavy atom. The summed E-state index contributed by atoms with van der Waals surface area (Å²) in [5, 5.41) is 0. The number of hydrogen-bond donors (Lipinski definition) is 0. The Morgan fingerprint density at radius 3 is 0.878 bits per heavy atom. The van der Waals surface area contributed by atoms with Crippen molar-refractivity contribution in [3.05, 3.63) is 36.5 Å². The molecule has 0 aromatic carbocycles. The zero-order valence-electron chi connectivity index (χ0n) is 28.3. The highest BCUT2D eigenvalue weighted by atomic mass is 16.1. The summed E-state index contributed by atoms with van der Waals surface area (Å²) in [5.41, 5.74) is 0. The van der Waals surface area contributed by atoms with Gasteiger partial charge in [-0.3, -0.25) is 4.79 Å². The summed E-state index contributed by atoms with van der Waals surface area (Å²) in [5.74, 6) is 0.416. The number of carbonyl (C=O) groups is 1. The summed E-state index contributed by atoms with van der Waals surface area (Å²) in [6.07, 6.45) is 55.2. The van der Waals surface area contributed by atoms with Gasteiger partial charge in [-0.05, 0) is 83.5 Å². The molecule has 0 saturated carbocycles. The van der Waals surface area contributed by atoms with E-state index in [-0.39, 0.29) is 0 Å². The van der Waals surface area contributed by atoms with Gasteiger partial charge in [-0.15, -0.1) is 0 Å². The van der Waals surface area contributed by atoms with Gasteiger partial charge < -0.3 is 0 Å². The van der Waals surface area contributed by atoms with E-state index in [1.807, 2.05) is 6.92 Å². The third-order valence-corrected chi connectivity index (χ3v) is 8.43. The SMILES string of the molecule is CCCCCCCCCCCCCCCC/C=C/CCCCC/C=C/CCCCC/C=C/CCCCCC(=O)CC. The Hall–Kier alpha value is -1.11. The first-order chi connectivity index (χ1) is 20.3. The molecule has 0 aliphatic heterocycles. The second kappa shape index (κ2) is 36.9. The summed E-state index contributed by atoms with van der Waals surface area (Å²) >= 11 is 0. The Labute approximate surface area is 259 Å². The Balaban J connectivity index is 3.20. The van der Waals surface area contributed by atoms with Crippen molar-refractivity contribution in [2.45, 2.75) is 213 Å². The molecule has 41 heavy (non-hydrogen) atoms. The van der Waals surface area contributed by atoms with Crippen molar-refractivity contribution in [1.29, 1.82) is 0 Å². The zero-order chi connectivity index (χ0) is 29.7. The molecule has 0 aromatic heterocycles. The van der Waals surface area contributed by atoms with E-state index in [0.717, 1.165) is 12.8 Å². The third-order valence-electron chi connectivity index (χ3n) is 8.43. The lowest BCUT2D eigenvalue weighted by molar-refractivity contribution is -0.118. The van der Waals surface area contributed by atoms with Gasteiger partial charge in [0.25, 0.3) is 0 Å². The molecule has 0 spiro atoms. The van der Waals surface area contributed by atoms with Gasteiger partial charge >= 0.3 is 0 Å². The smallest absolute Gasteiger partial charge is 0.132 e. The lowest BCUT2D eigenvalue weighted by Gasteiger charge is -2.02. The average Bonchev–Trinajstić information content (AvgIpc) is 2.99. The van der Waals surface area contributed by atoms with Crippen molar-refractivity contribution in [3.8, 4) is 0 Å². The van der Waals surface area contributed by atoms with Crippen molar-refractivity contribution in [3.63, 3.8) is 0 Å². The maximum Gasteiger partial charge on any atom is 0.132 e. The summed E-state index contributed by atoms with van der Waals surface area (Å²) in [6, 6.07) is 0. The molecule has 0 unspecified atom stereocenters. The molecule has 0 fully saturated rings. The molecule has 0 saturated heterocycles. The number of allylic oxidation sites excluding steroid dienone is 6. The third kappa shape index (κ3) is 36.9. The summed E-state index contributed by atoms with van der Waals surface area (Å²) < 4.78 is 0. The van der Waals surface area contributed by atoms with Crippen LogP contribution in [0, 0.1) is 0 Å². The molecule has 0 amide bonds. The Morgan fingerprint density at radius 1 is 0.341 bits per heavy atom. The fourth-order valence-corrected chi connectivity index (χ4v) is 5.50. The molecule has 0 aromatic rings. The second-order valence-corrected chi connectivity index (χ2v) is 12.6. The van der Waals surface area contributed by atoms with Crippen molar-refractivity contribution in [1.82, 2.24) is 0 Å². The minimum absolute atomic E-state index is 0.416. The molecule has 0 rings (SSSR count). The molecule has 0 aliphatic carbocycles. The standard InChI is InChI=1S/C40H74O/c1-3-5-6-7-8-9-10-11-12-13-14-15-16-17-18-19-20-21-22-23-24-25-26-27-28-29-30-31-32-33-34-35-36-37-38-39-40(41)4-2/h19-20,26-27,33-34H,3-18,21-25,28-32,35-39H2,1-2H3/b20-19+,27-26+,34-33+. The first-order valence-electron chi connectivity index (χ1n) is 18.8. The van der Waals surface area contributed by atoms with Crippen molar-refractivity contribution < 1.29 is 4.79 Å². The molecule has 1 nitrogen and oxygen atoms in total. The van der Waals surface area contributed by atoms with E-state index < -0.39 is 0 Å². The van der Waals surface area contributed by atoms with Crippen LogP contribution in [0.1, 0.15) is 213 Å². The number of rotatable bonds is 34. The largest absolute Gasteiger partial charge is 0.300 e. The van der Waals surface area contributed by atoms with Crippen LogP contribution in [-0.4, -0.2) is 5.78 Å². The fourth-order valence-electron chi connectivity index (χ4n) is 5.50. The van der Waals surface area contributed by atoms with Gasteiger partial charge in [0.1, 0.15) is 5.78 Å². The molecule has 0 bridgehead atoms. The van der Waals surface area contributed by atoms with Gasteiger partial charge in [0.2, 0.25) is 0 Å². The number of ketones is 1. The molecule has 0 heterocycles.